The highest BCUT2D eigenvalue weighted by Crippen LogP contribution is 2.30. The van der Waals surface area contributed by atoms with Gasteiger partial charge in [-0.05, 0) is 11.1 Å². The molecule has 9 heteroatoms. The minimum atomic E-state index is -0.403. The van der Waals surface area contributed by atoms with E-state index in [2.05, 4.69) is 10.0 Å². The minimum absolute atomic E-state index is 0.244. The zero-order chi connectivity index (χ0) is 16.4. The maximum Gasteiger partial charge on any atom is 0.225 e. The molecule has 118 valence electrons. The monoisotopic (exact) mass is 339 g/mol. The van der Waals surface area contributed by atoms with Crippen molar-refractivity contribution in [2.45, 2.75) is 12.3 Å². The second-order valence-corrected chi connectivity index (χ2v) is 6.85. The van der Waals surface area contributed by atoms with Crippen LogP contribution >= 0.6 is 21.6 Å². The largest absolute Gasteiger partial charge is 0.484 e. The molecular weight excluding hydrogens is 322 g/mol. The van der Waals surface area contributed by atoms with Crippen molar-refractivity contribution in [1.29, 1.82) is 5.41 Å². The summed E-state index contributed by atoms with van der Waals surface area (Å²) in [7, 11) is 4.58. The second kappa shape index (κ2) is 9.99. The molecule has 1 amide bonds. The lowest BCUT2D eigenvalue weighted by Gasteiger charge is -2.13. The summed E-state index contributed by atoms with van der Waals surface area (Å²) in [6.07, 6.45) is 0.552. The molecular formula is C13H17N5O2S2. The molecule has 1 unspecified atom stereocenters. The summed E-state index contributed by atoms with van der Waals surface area (Å²) in [6.45, 7) is 0. The summed E-state index contributed by atoms with van der Waals surface area (Å²) in [5, 5.41) is 10.8. The fourth-order valence-electron chi connectivity index (χ4n) is 1.58. The van der Waals surface area contributed by atoms with Gasteiger partial charge in [-0.3, -0.25) is 10.2 Å². The van der Waals surface area contributed by atoms with Crippen LogP contribution in [0.3, 0.4) is 0 Å². The molecule has 0 aliphatic rings. The van der Waals surface area contributed by atoms with Crippen LogP contribution in [0.25, 0.3) is 10.4 Å². The quantitative estimate of drug-likeness (QED) is 0.136. The maximum absolute atomic E-state index is 11.6. The molecule has 0 saturated heterocycles. The van der Waals surface area contributed by atoms with Crippen LogP contribution in [0, 0.1) is 5.41 Å². The minimum Gasteiger partial charge on any atom is -0.484 e. The lowest BCUT2D eigenvalue weighted by atomic mass is 10.0. The first-order valence-electron chi connectivity index (χ1n) is 6.38. The van der Waals surface area contributed by atoms with E-state index in [1.54, 1.807) is 35.1 Å². The Labute approximate surface area is 136 Å². The Morgan fingerprint density at radius 3 is 2.68 bits per heavy atom. The smallest absolute Gasteiger partial charge is 0.225 e. The van der Waals surface area contributed by atoms with Crippen molar-refractivity contribution < 1.29 is 9.53 Å². The van der Waals surface area contributed by atoms with Crippen LogP contribution in [0.4, 0.5) is 5.69 Å². The van der Waals surface area contributed by atoms with Gasteiger partial charge in [-0.1, -0.05) is 51.0 Å². The number of amides is 1. The number of carbonyl (C=O) groups is 1. The van der Waals surface area contributed by atoms with Crippen molar-refractivity contribution in [1.82, 2.24) is 0 Å². The van der Waals surface area contributed by atoms with Crippen LogP contribution in [-0.2, 0) is 9.53 Å². The molecule has 0 aliphatic heterocycles. The van der Waals surface area contributed by atoms with Crippen molar-refractivity contribution >= 4 is 39.1 Å². The Morgan fingerprint density at radius 2 is 2.14 bits per heavy atom. The molecule has 0 bridgehead atoms. The van der Waals surface area contributed by atoms with Gasteiger partial charge in [-0.15, -0.1) is 0 Å². The predicted molar refractivity (Wildman–Crippen MR) is 91.5 cm³/mol. The van der Waals surface area contributed by atoms with Crippen LogP contribution in [-0.4, -0.2) is 30.4 Å². The third-order valence-electron chi connectivity index (χ3n) is 2.78. The summed E-state index contributed by atoms with van der Waals surface area (Å²) in [6, 6.07) is 6.79. The SMILES string of the molecule is COC(=N)CCSSCC(C(N)=O)c1ccc(N=[N+]=[N-])cc1. The van der Waals surface area contributed by atoms with Crippen molar-refractivity contribution in [3.05, 3.63) is 40.3 Å². The Hall–Kier alpha value is -1.83. The standard InChI is InChI=1S/C13H17N5O2S2/c1-20-12(14)6-7-21-22-8-11(13(15)19)9-2-4-10(5-3-9)17-18-16/h2-5,11,14H,6-8H2,1H3,(H2,15,19). The van der Waals surface area contributed by atoms with Crippen molar-refractivity contribution in [2.24, 2.45) is 10.8 Å². The summed E-state index contributed by atoms with van der Waals surface area (Å²) < 4.78 is 4.77. The first kappa shape index (κ1) is 18.2. The van der Waals surface area contributed by atoms with E-state index < -0.39 is 11.8 Å². The molecule has 0 aliphatic carbocycles. The number of nitrogens with two attached hydrogens (primary N) is 1. The zero-order valence-corrected chi connectivity index (χ0v) is 13.7. The number of hydrogen-bond donors (Lipinski definition) is 2. The number of carbonyl (C=O) groups excluding carboxylic acids is 1. The van der Waals surface area contributed by atoms with Crippen molar-refractivity contribution in [3.63, 3.8) is 0 Å². The molecule has 0 radical (unpaired) electrons. The Morgan fingerprint density at radius 1 is 1.45 bits per heavy atom. The summed E-state index contributed by atoms with van der Waals surface area (Å²) in [5.41, 5.74) is 15.1. The number of rotatable bonds is 9. The predicted octanol–water partition coefficient (Wildman–Crippen LogP) is 3.59. The molecule has 1 aromatic carbocycles. The lowest BCUT2D eigenvalue weighted by molar-refractivity contribution is -0.118. The molecule has 0 spiro atoms. The van der Waals surface area contributed by atoms with Gasteiger partial charge in [0.2, 0.25) is 5.91 Å². The molecule has 1 rings (SSSR count). The molecule has 3 N–H and O–H groups in total. The third kappa shape index (κ3) is 6.30. The van der Waals surface area contributed by atoms with Gasteiger partial charge in [-0.2, -0.15) is 0 Å². The van der Waals surface area contributed by atoms with Crippen molar-refractivity contribution in [3.8, 4) is 0 Å². The van der Waals surface area contributed by atoms with E-state index in [0.717, 1.165) is 11.3 Å². The fraction of sp³-hybridized carbons (Fsp3) is 0.385. The average molecular weight is 339 g/mol. The first-order chi connectivity index (χ1) is 10.6. The van der Waals surface area contributed by atoms with E-state index in [4.69, 9.17) is 21.4 Å². The molecule has 0 saturated carbocycles. The molecule has 1 atom stereocenters. The molecule has 0 heterocycles. The Kier molecular flexibility index (Phi) is 8.27. The molecule has 0 aromatic heterocycles. The Bertz CT molecular complexity index is 558. The van der Waals surface area contributed by atoms with E-state index in [9.17, 15) is 4.79 Å². The van der Waals surface area contributed by atoms with Gasteiger partial charge in [0.05, 0.1) is 13.0 Å². The van der Waals surface area contributed by atoms with Gasteiger partial charge in [0.25, 0.3) is 0 Å². The molecule has 7 nitrogen and oxygen atoms in total. The number of nitrogens with zero attached hydrogens (tertiary/aromatic N) is 3. The molecule has 22 heavy (non-hydrogen) atoms. The second-order valence-electron chi connectivity index (χ2n) is 4.22. The van der Waals surface area contributed by atoms with Gasteiger partial charge in [-0.25, -0.2) is 0 Å². The van der Waals surface area contributed by atoms with Gasteiger partial charge in [0, 0.05) is 28.5 Å². The fourth-order valence-corrected chi connectivity index (χ4v) is 3.86. The van der Waals surface area contributed by atoms with E-state index >= 15 is 0 Å². The van der Waals surface area contributed by atoms with Crippen LogP contribution in [0.15, 0.2) is 29.4 Å². The number of benzene rings is 1. The average Bonchev–Trinajstić information content (AvgIpc) is 2.51. The lowest BCUT2D eigenvalue weighted by Crippen LogP contribution is -2.23. The number of azide groups is 1. The summed E-state index contributed by atoms with van der Waals surface area (Å²) >= 11 is 0. The van der Waals surface area contributed by atoms with Crippen LogP contribution < -0.4 is 5.73 Å². The molecule has 1 aromatic rings. The highest BCUT2D eigenvalue weighted by atomic mass is 33.1. The van der Waals surface area contributed by atoms with Crippen LogP contribution in [0.1, 0.15) is 17.9 Å². The van der Waals surface area contributed by atoms with Gasteiger partial charge in [0.1, 0.15) is 0 Å². The van der Waals surface area contributed by atoms with Crippen molar-refractivity contribution in [2.75, 3.05) is 18.6 Å². The van der Waals surface area contributed by atoms with Crippen LogP contribution in [0.2, 0.25) is 0 Å². The van der Waals surface area contributed by atoms with Gasteiger partial charge in [0.15, 0.2) is 5.90 Å². The van der Waals surface area contributed by atoms with E-state index in [1.807, 2.05) is 0 Å². The highest BCUT2D eigenvalue weighted by molar-refractivity contribution is 8.76. The molecule has 0 fully saturated rings. The summed E-state index contributed by atoms with van der Waals surface area (Å²) in [5.74, 6) is 0.724. The van der Waals surface area contributed by atoms with Gasteiger partial charge >= 0.3 is 0 Å². The van der Waals surface area contributed by atoms with E-state index in [-0.39, 0.29) is 5.90 Å². The zero-order valence-electron chi connectivity index (χ0n) is 12.1. The normalized spacial score (nSPS) is 11.3. The van der Waals surface area contributed by atoms with Crippen LogP contribution in [0.5, 0.6) is 0 Å². The first-order valence-corrected chi connectivity index (χ1v) is 8.87. The third-order valence-corrected chi connectivity index (χ3v) is 5.19. The van der Waals surface area contributed by atoms with E-state index in [0.29, 0.717) is 17.9 Å². The maximum atomic E-state index is 11.6. The number of ether oxygens (including phenoxy) is 1. The van der Waals surface area contributed by atoms with Gasteiger partial charge < -0.3 is 10.5 Å². The number of methoxy groups -OCH3 is 1. The Balaban J connectivity index is 2.53. The number of nitrogens with one attached hydrogen (secondary N) is 1. The topological polar surface area (TPSA) is 125 Å². The van der Waals surface area contributed by atoms with E-state index in [1.165, 1.54) is 17.9 Å². The number of primary amides is 1. The summed E-state index contributed by atoms with van der Waals surface area (Å²) in [4.78, 5) is 14.3. The highest BCUT2D eigenvalue weighted by Gasteiger charge is 2.18. The number of hydrogen-bond acceptors (Lipinski definition) is 6.